The van der Waals surface area contributed by atoms with E-state index in [1.54, 1.807) is 0 Å². The molecule has 0 spiro atoms. The van der Waals surface area contributed by atoms with E-state index in [1.165, 1.54) is 25.0 Å². The Morgan fingerprint density at radius 1 is 1.40 bits per heavy atom. The summed E-state index contributed by atoms with van der Waals surface area (Å²) in [6.45, 7) is 6.74. The summed E-state index contributed by atoms with van der Waals surface area (Å²) >= 11 is 0. The molecule has 1 rings (SSSR count). The molecule has 15 heavy (non-hydrogen) atoms. The first-order valence-corrected chi connectivity index (χ1v) is 5.18. The van der Waals surface area contributed by atoms with Crippen LogP contribution in [0.5, 0.6) is 0 Å². The lowest BCUT2D eigenvalue weighted by Gasteiger charge is -2.22. The minimum Gasteiger partial charge on any atom is -0.402 e. The van der Waals surface area contributed by atoms with Gasteiger partial charge in [-0.15, -0.1) is 0 Å². The lowest BCUT2D eigenvalue weighted by atomic mass is 10.2. The molecule has 0 saturated carbocycles. The van der Waals surface area contributed by atoms with Crippen molar-refractivity contribution in [2.45, 2.75) is 26.7 Å². The molecule has 86 valence electrons. The standard InChI is InChI=1S/C10H17N.BH3O3/c1-3-4-7-11-8-5-6-10(2)9-11;2-1(3)4/h5-6,8H,3-4,7,9H2,1-2H3;2-4H. The van der Waals surface area contributed by atoms with E-state index < -0.39 is 7.32 Å². The predicted molar refractivity (Wildman–Crippen MR) is 61.8 cm³/mol. The second-order valence-corrected chi connectivity index (χ2v) is 3.52. The predicted octanol–water partition coefficient (Wildman–Crippen LogP) is 0.510. The van der Waals surface area contributed by atoms with Crippen LogP contribution < -0.4 is 0 Å². The van der Waals surface area contributed by atoms with Crippen LogP contribution in [0.25, 0.3) is 0 Å². The van der Waals surface area contributed by atoms with Crippen LogP contribution in [0.1, 0.15) is 26.7 Å². The van der Waals surface area contributed by atoms with Crippen molar-refractivity contribution in [1.29, 1.82) is 0 Å². The molecule has 0 saturated heterocycles. The number of unbranched alkanes of at least 4 members (excludes halogenated alkanes) is 1. The molecule has 3 N–H and O–H groups in total. The summed E-state index contributed by atoms with van der Waals surface area (Å²) in [4.78, 5) is 2.37. The van der Waals surface area contributed by atoms with Gasteiger partial charge >= 0.3 is 7.32 Å². The fraction of sp³-hybridized carbons (Fsp3) is 0.600. The Balaban J connectivity index is 0.000000423. The van der Waals surface area contributed by atoms with Gasteiger partial charge < -0.3 is 20.0 Å². The van der Waals surface area contributed by atoms with Crippen molar-refractivity contribution < 1.29 is 15.1 Å². The number of nitrogens with zero attached hydrogens (tertiary/aromatic N) is 1. The van der Waals surface area contributed by atoms with Gasteiger partial charge in [0.2, 0.25) is 0 Å². The lowest BCUT2D eigenvalue weighted by Crippen LogP contribution is -2.22. The lowest BCUT2D eigenvalue weighted by molar-refractivity contribution is 0.278. The molecule has 0 bridgehead atoms. The molecule has 4 nitrogen and oxygen atoms in total. The molecule has 0 unspecified atom stereocenters. The Labute approximate surface area is 91.7 Å². The van der Waals surface area contributed by atoms with Crippen molar-refractivity contribution in [2.75, 3.05) is 13.1 Å². The van der Waals surface area contributed by atoms with E-state index in [2.05, 4.69) is 37.1 Å². The first kappa shape index (κ1) is 14.2. The van der Waals surface area contributed by atoms with Gasteiger partial charge in [-0.3, -0.25) is 0 Å². The SMILES string of the molecule is CCCCN1C=CC=C(C)C1.OB(O)O. The van der Waals surface area contributed by atoms with Gasteiger partial charge in [0.15, 0.2) is 0 Å². The van der Waals surface area contributed by atoms with Crippen LogP contribution >= 0.6 is 0 Å². The molecular weight excluding hydrogens is 193 g/mol. The largest absolute Gasteiger partial charge is 0.631 e. The molecule has 1 aliphatic heterocycles. The van der Waals surface area contributed by atoms with Crippen LogP contribution in [0.2, 0.25) is 0 Å². The van der Waals surface area contributed by atoms with Crippen LogP contribution in [-0.4, -0.2) is 40.4 Å². The van der Waals surface area contributed by atoms with Crippen molar-refractivity contribution >= 4 is 7.32 Å². The van der Waals surface area contributed by atoms with Gasteiger partial charge in [-0.25, -0.2) is 0 Å². The topological polar surface area (TPSA) is 63.9 Å². The van der Waals surface area contributed by atoms with E-state index in [0.717, 1.165) is 6.54 Å². The quantitative estimate of drug-likeness (QED) is 0.597. The second-order valence-electron chi connectivity index (χ2n) is 3.52. The van der Waals surface area contributed by atoms with Crippen molar-refractivity contribution in [1.82, 2.24) is 4.90 Å². The van der Waals surface area contributed by atoms with Crippen LogP contribution in [0.15, 0.2) is 23.9 Å². The molecule has 0 radical (unpaired) electrons. The third-order valence-corrected chi connectivity index (χ3v) is 1.93. The summed E-state index contributed by atoms with van der Waals surface area (Å²) in [6.07, 6.45) is 9.09. The Hall–Kier alpha value is -0.775. The molecular formula is C10H20BNO3. The summed E-state index contributed by atoms with van der Waals surface area (Å²) in [7, 11) is -2.17. The summed E-state index contributed by atoms with van der Waals surface area (Å²) in [5.41, 5.74) is 1.46. The maximum absolute atomic E-state index is 7.17. The van der Waals surface area contributed by atoms with E-state index in [4.69, 9.17) is 15.1 Å². The third-order valence-electron chi connectivity index (χ3n) is 1.93. The van der Waals surface area contributed by atoms with E-state index in [-0.39, 0.29) is 0 Å². The zero-order chi connectivity index (χ0) is 11.7. The first-order valence-electron chi connectivity index (χ1n) is 5.18. The molecule has 5 heteroatoms. The van der Waals surface area contributed by atoms with Crippen LogP contribution in [-0.2, 0) is 0 Å². The maximum atomic E-state index is 7.17. The Morgan fingerprint density at radius 2 is 2.00 bits per heavy atom. The molecule has 0 atom stereocenters. The zero-order valence-corrected chi connectivity index (χ0v) is 9.43. The minimum atomic E-state index is -2.17. The molecule has 0 amide bonds. The number of allylic oxidation sites excluding steroid dienone is 2. The fourth-order valence-corrected chi connectivity index (χ4v) is 1.27. The van der Waals surface area contributed by atoms with Gasteiger partial charge in [0, 0.05) is 13.1 Å². The minimum absolute atomic E-state index is 1.12. The van der Waals surface area contributed by atoms with Gasteiger partial charge in [0.25, 0.3) is 0 Å². The smallest absolute Gasteiger partial charge is 0.402 e. The third kappa shape index (κ3) is 9.53. The summed E-state index contributed by atoms with van der Waals surface area (Å²) in [5.74, 6) is 0. The Bertz CT molecular complexity index is 214. The summed E-state index contributed by atoms with van der Waals surface area (Å²) < 4.78 is 0. The van der Waals surface area contributed by atoms with E-state index in [0.29, 0.717) is 0 Å². The molecule has 0 aromatic heterocycles. The second kappa shape index (κ2) is 8.53. The van der Waals surface area contributed by atoms with E-state index in [1.807, 2.05) is 0 Å². The Kier molecular flexibility index (Phi) is 8.09. The average molecular weight is 213 g/mol. The highest BCUT2D eigenvalue weighted by molar-refractivity contribution is 6.30. The van der Waals surface area contributed by atoms with Crippen molar-refractivity contribution in [3.05, 3.63) is 23.9 Å². The van der Waals surface area contributed by atoms with Crippen LogP contribution in [0.3, 0.4) is 0 Å². The van der Waals surface area contributed by atoms with Crippen LogP contribution in [0, 0.1) is 0 Å². The molecule has 1 heterocycles. The van der Waals surface area contributed by atoms with Gasteiger partial charge in [-0.05, 0) is 25.6 Å². The zero-order valence-electron chi connectivity index (χ0n) is 9.43. The number of rotatable bonds is 3. The van der Waals surface area contributed by atoms with Gasteiger partial charge in [0.05, 0.1) is 0 Å². The van der Waals surface area contributed by atoms with Gasteiger partial charge in [0.1, 0.15) is 0 Å². The summed E-state index contributed by atoms with van der Waals surface area (Å²) in [5, 5.41) is 21.5. The van der Waals surface area contributed by atoms with Crippen molar-refractivity contribution in [3.63, 3.8) is 0 Å². The highest BCUT2D eigenvalue weighted by Crippen LogP contribution is 2.06. The van der Waals surface area contributed by atoms with Crippen molar-refractivity contribution in [3.8, 4) is 0 Å². The highest BCUT2D eigenvalue weighted by Gasteiger charge is 2.01. The molecule has 0 aromatic rings. The number of hydrogen-bond donors (Lipinski definition) is 3. The molecule has 0 aromatic carbocycles. The molecule has 1 aliphatic rings. The normalized spacial score (nSPS) is 14.2. The monoisotopic (exact) mass is 213 g/mol. The van der Waals surface area contributed by atoms with Gasteiger partial charge in [-0.2, -0.15) is 0 Å². The van der Waals surface area contributed by atoms with Crippen molar-refractivity contribution in [2.24, 2.45) is 0 Å². The van der Waals surface area contributed by atoms with E-state index >= 15 is 0 Å². The molecule has 0 aliphatic carbocycles. The first-order chi connectivity index (χ1) is 7.06. The average Bonchev–Trinajstić information content (AvgIpc) is 2.14. The maximum Gasteiger partial charge on any atom is 0.631 e. The molecule has 0 fully saturated rings. The highest BCUT2D eigenvalue weighted by atomic mass is 16.5. The Morgan fingerprint density at radius 3 is 2.47 bits per heavy atom. The van der Waals surface area contributed by atoms with Crippen LogP contribution in [0.4, 0.5) is 0 Å². The summed E-state index contributed by atoms with van der Waals surface area (Å²) in [6, 6.07) is 0. The van der Waals surface area contributed by atoms with Gasteiger partial charge in [-0.1, -0.05) is 25.0 Å². The number of hydrogen-bond acceptors (Lipinski definition) is 4. The van der Waals surface area contributed by atoms with E-state index in [9.17, 15) is 0 Å². The fourth-order valence-electron chi connectivity index (χ4n) is 1.27.